The Kier molecular flexibility index (Phi) is 4.46. The molecule has 90 valence electrons. The molecular formula is C13H15NO3. The van der Waals surface area contributed by atoms with Gasteiger partial charge in [0.25, 0.3) is 0 Å². The Morgan fingerprint density at radius 1 is 1.47 bits per heavy atom. The third kappa shape index (κ3) is 3.45. The van der Waals surface area contributed by atoms with E-state index in [0.717, 1.165) is 5.56 Å². The molecule has 4 nitrogen and oxygen atoms in total. The highest BCUT2D eigenvalue weighted by atomic mass is 16.5. The summed E-state index contributed by atoms with van der Waals surface area (Å²) in [7, 11) is 1.31. The second-order valence-electron chi connectivity index (χ2n) is 3.58. The molecule has 1 rings (SSSR count). The summed E-state index contributed by atoms with van der Waals surface area (Å²) < 4.78 is 4.66. The molecule has 0 heterocycles. The van der Waals surface area contributed by atoms with Gasteiger partial charge >= 0.3 is 5.97 Å². The summed E-state index contributed by atoms with van der Waals surface area (Å²) >= 11 is 0. The van der Waals surface area contributed by atoms with Crippen LogP contribution in [0.1, 0.15) is 22.3 Å². The van der Waals surface area contributed by atoms with E-state index in [4.69, 9.17) is 0 Å². The van der Waals surface area contributed by atoms with E-state index in [9.17, 15) is 9.59 Å². The molecule has 0 fully saturated rings. The zero-order valence-electron chi connectivity index (χ0n) is 9.95. The van der Waals surface area contributed by atoms with Crippen LogP contribution in [0.2, 0.25) is 0 Å². The van der Waals surface area contributed by atoms with Crippen molar-refractivity contribution in [2.45, 2.75) is 13.3 Å². The second kappa shape index (κ2) is 5.84. The lowest BCUT2D eigenvalue weighted by Gasteiger charge is -2.09. The summed E-state index contributed by atoms with van der Waals surface area (Å²) in [5.41, 5.74) is 1.73. The Morgan fingerprint density at radius 3 is 2.76 bits per heavy atom. The molecule has 0 atom stereocenters. The van der Waals surface area contributed by atoms with E-state index in [2.05, 4.69) is 16.6 Å². The van der Waals surface area contributed by atoms with Crippen LogP contribution in [0.25, 0.3) is 0 Å². The van der Waals surface area contributed by atoms with Gasteiger partial charge in [-0.05, 0) is 19.1 Å². The number of anilines is 1. The predicted octanol–water partition coefficient (Wildman–Crippen LogP) is 2.30. The smallest absolute Gasteiger partial charge is 0.339 e. The van der Waals surface area contributed by atoms with Gasteiger partial charge in [-0.15, -0.1) is 6.58 Å². The molecule has 0 saturated heterocycles. The fourth-order valence-electron chi connectivity index (χ4n) is 1.38. The molecule has 1 aromatic rings. The first-order chi connectivity index (χ1) is 8.08. The number of amides is 1. The lowest BCUT2D eigenvalue weighted by Crippen LogP contribution is -2.14. The minimum absolute atomic E-state index is 0.203. The van der Waals surface area contributed by atoms with Crippen molar-refractivity contribution in [2.24, 2.45) is 0 Å². The number of rotatable bonds is 4. The fraction of sp³-hybridized carbons (Fsp3) is 0.231. The van der Waals surface area contributed by atoms with Gasteiger partial charge in [-0.25, -0.2) is 4.79 Å². The molecule has 1 amide bonds. The Bertz CT molecular complexity index is 452. The topological polar surface area (TPSA) is 55.4 Å². The van der Waals surface area contributed by atoms with Crippen LogP contribution in [0.4, 0.5) is 5.69 Å². The van der Waals surface area contributed by atoms with E-state index in [1.807, 2.05) is 13.0 Å². The molecule has 0 aliphatic heterocycles. The van der Waals surface area contributed by atoms with Crippen molar-refractivity contribution in [3.63, 3.8) is 0 Å². The van der Waals surface area contributed by atoms with Crippen molar-refractivity contribution in [1.29, 1.82) is 0 Å². The Morgan fingerprint density at radius 2 is 2.18 bits per heavy atom. The van der Waals surface area contributed by atoms with Crippen LogP contribution < -0.4 is 5.32 Å². The molecule has 17 heavy (non-hydrogen) atoms. The normalized spacial score (nSPS) is 9.53. The molecule has 0 aliphatic carbocycles. The molecule has 0 saturated carbocycles. The van der Waals surface area contributed by atoms with Gasteiger partial charge in [0.15, 0.2) is 0 Å². The van der Waals surface area contributed by atoms with Crippen molar-refractivity contribution in [3.8, 4) is 0 Å². The second-order valence-corrected chi connectivity index (χ2v) is 3.58. The number of benzene rings is 1. The van der Waals surface area contributed by atoms with Crippen LogP contribution in [0, 0.1) is 6.92 Å². The Labute approximate surface area is 100 Å². The summed E-state index contributed by atoms with van der Waals surface area (Å²) in [6, 6.07) is 5.17. The highest BCUT2D eigenvalue weighted by molar-refractivity contribution is 6.01. The van der Waals surface area contributed by atoms with Gasteiger partial charge in [-0.3, -0.25) is 4.79 Å². The van der Waals surface area contributed by atoms with Crippen LogP contribution >= 0.6 is 0 Å². The molecule has 0 spiro atoms. The largest absolute Gasteiger partial charge is 0.465 e. The van der Waals surface area contributed by atoms with Crippen molar-refractivity contribution in [3.05, 3.63) is 42.0 Å². The lowest BCUT2D eigenvalue weighted by molar-refractivity contribution is -0.115. The molecule has 0 bridgehead atoms. The standard InChI is InChI=1S/C13H15NO3/c1-4-5-12(15)14-11-7-6-9(2)8-10(11)13(16)17-3/h4,6-8H,1,5H2,2-3H3,(H,14,15). The highest BCUT2D eigenvalue weighted by Crippen LogP contribution is 2.18. The van der Waals surface area contributed by atoms with Crippen LogP contribution in [0.3, 0.4) is 0 Å². The van der Waals surface area contributed by atoms with Gasteiger partial charge in [0.2, 0.25) is 5.91 Å². The monoisotopic (exact) mass is 233 g/mol. The first kappa shape index (κ1) is 13.0. The molecule has 0 aromatic heterocycles. The Balaban J connectivity index is 3.01. The van der Waals surface area contributed by atoms with Crippen LogP contribution in [0.15, 0.2) is 30.9 Å². The molecule has 0 unspecified atom stereocenters. The molecule has 1 N–H and O–H groups in total. The lowest BCUT2D eigenvalue weighted by atomic mass is 10.1. The Hall–Kier alpha value is -2.10. The summed E-state index contributed by atoms with van der Waals surface area (Å²) in [5, 5.41) is 2.64. The summed E-state index contributed by atoms with van der Waals surface area (Å²) in [6.07, 6.45) is 1.70. The van der Waals surface area contributed by atoms with Crippen molar-refractivity contribution in [1.82, 2.24) is 0 Å². The average molecular weight is 233 g/mol. The third-order valence-electron chi connectivity index (χ3n) is 2.18. The van der Waals surface area contributed by atoms with Gasteiger partial charge in [-0.2, -0.15) is 0 Å². The number of hydrogen-bond donors (Lipinski definition) is 1. The minimum atomic E-state index is -0.470. The number of carbonyl (C=O) groups excluding carboxylic acids is 2. The maximum absolute atomic E-state index is 11.5. The minimum Gasteiger partial charge on any atom is -0.465 e. The van der Waals surface area contributed by atoms with E-state index in [-0.39, 0.29) is 12.3 Å². The van der Waals surface area contributed by atoms with Crippen LogP contribution in [-0.2, 0) is 9.53 Å². The van der Waals surface area contributed by atoms with Gasteiger partial charge < -0.3 is 10.1 Å². The molecule has 0 radical (unpaired) electrons. The first-order valence-corrected chi connectivity index (χ1v) is 5.18. The first-order valence-electron chi connectivity index (χ1n) is 5.18. The molecule has 4 heteroatoms. The number of carbonyl (C=O) groups is 2. The van der Waals surface area contributed by atoms with Crippen LogP contribution in [-0.4, -0.2) is 19.0 Å². The van der Waals surface area contributed by atoms with E-state index >= 15 is 0 Å². The maximum atomic E-state index is 11.5. The number of aryl methyl sites for hydroxylation is 1. The number of esters is 1. The van der Waals surface area contributed by atoms with Crippen molar-refractivity contribution < 1.29 is 14.3 Å². The zero-order chi connectivity index (χ0) is 12.8. The maximum Gasteiger partial charge on any atom is 0.339 e. The molecule has 1 aromatic carbocycles. The van der Waals surface area contributed by atoms with E-state index in [0.29, 0.717) is 11.3 Å². The van der Waals surface area contributed by atoms with Crippen LogP contribution in [0.5, 0.6) is 0 Å². The van der Waals surface area contributed by atoms with Gasteiger partial charge in [-0.1, -0.05) is 17.7 Å². The van der Waals surface area contributed by atoms with Crippen molar-refractivity contribution >= 4 is 17.6 Å². The van der Waals surface area contributed by atoms with E-state index in [1.54, 1.807) is 12.1 Å². The fourth-order valence-corrected chi connectivity index (χ4v) is 1.38. The molecular weight excluding hydrogens is 218 g/mol. The van der Waals surface area contributed by atoms with Gasteiger partial charge in [0.05, 0.1) is 18.4 Å². The number of hydrogen-bond acceptors (Lipinski definition) is 3. The van der Waals surface area contributed by atoms with E-state index < -0.39 is 5.97 Å². The summed E-state index contributed by atoms with van der Waals surface area (Å²) in [5.74, 6) is -0.684. The van der Waals surface area contributed by atoms with Gasteiger partial charge in [0, 0.05) is 6.42 Å². The summed E-state index contributed by atoms with van der Waals surface area (Å²) in [4.78, 5) is 23.0. The third-order valence-corrected chi connectivity index (χ3v) is 2.18. The zero-order valence-corrected chi connectivity index (χ0v) is 9.95. The summed E-state index contributed by atoms with van der Waals surface area (Å²) in [6.45, 7) is 5.34. The van der Waals surface area contributed by atoms with E-state index in [1.165, 1.54) is 13.2 Å². The number of nitrogens with one attached hydrogen (secondary N) is 1. The number of ether oxygens (including phenoxy) is 1. The van der Waals surface area contributed by atoms with Crippen molar-refractivity contribution in [2.75, 3.05) is 12.4 Å². The predicted molar refractivity (Wildman–Crippen MR) is 66.0 cm³/mol. The van der Waals surface area contributed by atoms with Gasteiger partial charge in [0.1, 0.15) is 0 Å². The SMILES string of the molecule is C=CCC(=O)Nc1ccc(C)cc1C(=O)OC. The molecule has 0 aliphatic rings. The highest BCUT2D eigenvalue weighted by Gasteiger charge is 2.13. The quantitative estimate of drug-likeness (QED) is 0.641. The average Bonchev–Trinajstić information content (AvgIpc) is 2.30. The number of methoxy groups -OCH3 is 1.